The van der Waals surface area contributed by atoms with Crippen LogP contribution in [0.4, 0.5) is 11.6 Å². The molecule has 3 rings (SSSR count). The molecular formula is C17H19N3O2. The van der Waals surface area contributed by atoms with Gasteiger partial charge in [-0.25, -0.2) is 4.98 Å². The lowest BCUT2D eigenvalue weighted by Gasteiger charge is -2.07. The summed E-state index contributed by atoms with van der Waals surface area (Å²) in [6, 6.07) is 16.5. The predicted molar refractivity (Wildman–Crippen MR) is 88.6 cm³/mol. The summed E-state index contributed by atoms with van der Waals surface area (Å²) < 4.78 is 0. The number of nitrogens with one attached hydrogen (secondary N) is 2. The first kappa shape index (κ1) is 15.6. The predicted octanol–water partition coefficient (Wildman–Crippen LogP) is 4.13. The highest BCUT2D eigenvalue weighted by Crippen LogP contribution is 2.20. The van der Waals surface area contributed by atoms with Gasteiger partial charge in [-0.3, -0.25) is 4.79 Å². The number of rotatable bonds is 3. The van der Waals surface area contributed by atoms with Gasteiger partial charge in [0.1, 0.15) is 0 Å². The van der Waals surface area contributed by atoms with Gasteiger partial charge in [-0.1, -0.05) is 38.1 Å². The number of benzene rings is 2. The number of anilines is 2. The Hall–Kier alpha value is -2.82. The van der Waals surface area contributed by atoms with E-state index in [2.05, 4.69) is 53.4 Å². The van der Waals surface area contributed by atoms with Crippen LogP contribution in [0, 0.1) is 0 Å². The van der Waals surface area contributed by atoms with Crippen molar-refractivity contribution in [3.8, 4) is 0 Å². The van der Waals surface area contributed by atoms with Crippen molar-refractivity contribution in [2.45, 2.75) is 19.8 Å². The minimum absolute atomic E-state index is 0.250. The fourth-order valence-electron chi connectivity index (χ4n) is 2.10. The van der Waals surface area contributed by atoms with Crippen LogP contribution in [-0.4, -0.2) is 21.5 Å². The fraction of sp³-hybridized carbons (Fsp3) is 0.176. The van der Waals surface area contributed by atoms with Crippen LogP contribution in [0.15, 0.2) is 48.5 Å². The summed E-state index contributed by atoms with van der Waals surface area (Å²) in [6.45, 7) is 4.14. The van der Waals surface area contributed by atoms with E-state index in [0.29, 0.717) is 5.92 Å². The number of nitrogens with zero attached hydrogens (tertiary/aromatic N) is 1. The molecule has 0 saturated heterocycles. The maximum atomic E-state index is 8.36. The van der Waals surface area contributed by atoms with Crippen molar-refractivity contribution in [2.75, 3.05) is 5.32 Å². The third-order valence-electron chi connectivity index (χ3n) is 3.23. The van der Waals surface area contributed by atoms with Crippen molar-refractivity contribution in [2.24, 2.45) is 0 Å². The van der Waals surface area contributed by atoms with Gasteiger partial charge in [-0.2, -0.15) is 0 Å². The number of hydrogen-bond acceptors (Lipinski definition) is 3. The van der Waals surface area contributed by atoms with Gasteiger partial charge in [0, 0.05) is 5.69 Å². The molecule has 5 heteroatoms. The summed E-state index contributed by atoms with van der Waals surface area (Å²) in [5.41, 5.74) is 4.41. The fourth-order valence-corrected chi connectivity index (χ4v) is 2.10. The highest BCUT2D eigenvalue weighted by Gasteiger charge is 2.03. The van der Waals surface area contributed by atoms with Crippen molar-refractivity contribution >= 4 is 29.1 Å². The first-order chi connectivity index (χ1) is 10.6. The second-order valence-corrected chi connectivity index (χ2v) is 5.11. The molecule has 0 aliphatic heterocycles. The molecule has 22 heavy (non-hydrogen) atoms. The SMILES string of the molecule is CC(C)c1ccc(Nc2nc3ccccc3[nH]2)cc1.O=CO. The van der Waals surface area contributed by atoms with Crippen LogP contribution in [0.5, 0.6) is 0 Å². The Morgan fingerprint density at radius 1 is 1.14 bits per heavy atom. The van der Waals surface area contributed by atoms with Crippen LogP contribution in [0.2, 0.25) is 0 Å². The van der Waals surface area contributed by atoms with Gasteiger partial charge in [-0.05, 0) is 35.7 Å². The molecular weight excluding hydrogens is 278 g/mol. The third-order valence-corrected chi connectivity index (χ3v) is 3.23. The highest BCUT2D eigenvalue weighted by atomic mass is 16.3. The zero-order valence-electron chi connectivity index (χ0n) is 12.6. The summed E-state index contributed by atoms with van der Waals surface area (Å²) in [4.78, 5) is 16.1. The number of hydrogen-bond donors (Lipinski definition) is 3. The van der Waals surface area contributed by atoms with E-state index >= 15 is 0 Å². The molecule has 1 aromatic heterocycles. The smallest absolute Gasteiger partial charge is 0.290 e. The molecule has 5 nitrogen and oxygen atoms in total. The van der Waals surface area contributed by atoms with Crippen LogP contribution in [-0.2, 0) is 4.79 Å². The first-order valence-electron chi connectivity index (χ1n) is 7.03. The molecule has 3 N–H and O–H groups in total. The van der Waals surface area contributed by atoms with E-state index in [4.69, 9.17) is 9.90 Å². The number of para-hydroxylation sites is 2. The number of carbonyl (C=O) groups is 1. The summed E-state index contributed by atoms with van der Waals surface area (Å²) in [5.74, 6) is 1.33. The first-order valence-corrected chi connectivity index (χ1v) is 7.03. The third kappa shape index (κ3) is 3.85. The maximum absolute atomic E-state index is 8.36. The number of fused-ring (bicyclic) bond motifs is 1. The number of H-pyrrole nitrogens is 1. The molecule has 0 atom stereocenters. The molecule has 0 bridgehead atoms. The van der Waals surface area contributed by atoms with E-state index in [1.54, 1.807) is 0 Å². The number of aromatic amines is 1. The minimum Gasteiger partial charge on any atom is -0.483 e. The molecule has 0 unspecified atom stereocenters. The quantitative estimate of drug-likeness (QED) is 0.635. The highest BCUT2D eigenvalue weighted by molar-refractivity contribution is 5.78. The van der Waals surface area contributed by atoms with Crippen molar-refractivity contribution in [1.82, 2.24) is 9.97 Å². The Labute approximate surface area is 129 Å². The summed E-state index contributed by atoms with van der Waals surface area (Å²) in [6.07, 6.45) is 0. The number of imidazole rings is 1. The van der Waals surface area contributed by atoms with Gasteiger partial charge in [-0.15, -0.1) is 0 Å². The topological polar surface area (TPSA) is 78.0 Å². The van der Waals surface area contributed by atoms with Gasteiger partial charge in [0.15, 0.2) is 0 Å². The van der Waals surface area contributed by atoms with E-state index in [1.807, 2.05) is 24.3 Å². The summed E-state index contributed by atoms with van der Waals surface area (Å²) in [5, 5.41) is 10.2. The lowest BCUT2D eigenvalue weighted by molar-refractivity contribution is -0.122. The van der Waals surface area contributed by atoms with E-state index in [0.717, 1.165) is 22.7 Å². The number of aromatic nitrogens is 2. The van der Waals surface area contributed by atoms with Crippen molar-refractivity contribution < 1.29 is 9.90 Å². The number of carboxylic acid groups (broad SMARTS) is 1. The standard InChI is InChI=1S/C16H17N3.CH2O2/c1-11(2)12-7-9-13(10-8-12)17-16-18-14-5-3-4-6-15(14)19-16;2-1-3/h3-11H,1-2H3,(H2,17,18,19);1H,(H,2,3). The van der Waals surface area contributed by atoms with Crippen molar-refractivity contribution in [1.29, 1.82) is 0 Å². The molecule has 114 valence electrons. The van der Waals surface area contributed by atoms with Crippen molar-refractivity contribution in [3.63, 3.8) is 0 Å². The average molecular weight is 297 g/mol. The van der Waals surface area contributed by atoms with Crippen LogP contribution in [0.1, 0.15) is 25.3 Å². The largest absolute Gasteiger partial charge is 0.483 e. The van der Waals surface area contributed by atoms with Crippen LogP contribution >= 0.6 is 0 Å². The van der Waals surface area contributed by atoms with Gasteiger partial charge >= 0.3 is 0 Å². The molecule has 0 spiro atoms. The van der Waals surface area contributed by atoms with Gasteiger partial charge in [0.05, 0.1) is 11.0 Å². The Morgan fingerprint density at radius 3 is 2.36 bits per heavy atom. The molecule has 0 radical (unpaired) electrons. The van der Waals surface area contributed by atoms with E-state index < -0.39 is 0 Å². The molecule has 0 saturated carbocycles. The molecule has 0 aliphatic carbocycles. The van der Waals surface area contributed by atoms with Crippen LogP contribution in [0.25, 0.3) is 11.0 Å². The zero-order valence-corrected chi connectivity index (χ0v) is 12.6. The molecule has 3 aromatic rings. The Bertz CT molecular complexity index is 700. The second kappa shape index (κ2) is 7.26. The van der Waals surface area contributed by atoms with Crippen LogP contribution in [0.3, 0.4) is 0 Å². The molecule has 0 aliphatic rings. The monoisotopic (exact) mass is 297 g/mol. The Balaban J connectivity index is 0.000000545. The van der Waals surface area contributed by atoms with E-state index in [9.17, 15) is 0 Å². The molecule has 0 amide bonds. The lowest BCUT2D eigenvalue weighted by Crippen LogP contribution is -1.93. The summed E-state index contributed by atoms with van der Waals surface area (Å²) >= 11 is 0. The van der Waals surface area contributed by atoms with Gasteiger partial charge in [0.2, 0.25) is 5.95 Å². The normalized spacial score (nSPS) is 10.1. The average Bonchev–Trinajstić information content (AvgIpc) is 2.90. The molecule has 2 aromatic carbocycles. The Kier molecular flexibility index (Phi) is 5.14. The minimum atomic E-state index is -0.250. The Morgan fingerprint density at radius 2 is 1.77 bits per heavy atom. The maximum Gasteiger partial charge on any atom is 0.290 e. The van der Waals surface area contributed by atoms with Crippen LogP contribution < -0.4 is 5.32 Å². The lowest BCUT2D eigenvalue weighted by atomic mass is 10.0. The zero-order chi connectivity index (χ0) is 15.9. The van der Waals surface area contributed by atoms with E-state index in [1.165, 1.54) is 5.56 Å². The summed E-state index contributed by atoms with van der Waals surface area (Å²) in [7, 11) is 0. The second-order valence-electron chi connectivity index (χ2n) is 5.11. The van der Waals surface area contributed by atoms with Gasteiger partial charge in [0.25, 0.3) is 6.47 Å². The molecule has 0 fully saturated rings. The molecule has 1 heterocycles. The van der Waals surface area contributed by atoms with Gasteiger partial charge < -0.3 is 15.4 Å². The van der Waals surface area contributed by atoms with Crippen molar-refractivity contribution in [3.05, 3.63) is 54.1 Å². The van der Waals surface area contributed by atoms with E-state index in [-0.39, 0.29) is 6.47 Å².